The molecule has 0 aromatic rings. The van der Waals surface area contributed by atoms with Crippen molar-refractivity contribution in [1.29, 1.82) is 0 Å². The first-order valence-electron chi connectivity index (χ1n) is 27.4. The molecule has 0 aromatic heterocycles. The Bertz CT molecular complexity index is 918. The first kappa shape index (κ1) is 59.4. The minimum absolute atomic E-state index is 0.0621. The second kappa shape index (κ2) is 49.4. The van der Waals surface area contributed by atoms with Crippen LogP contribution in [0.25, 0.3) is 0 Å². The van der Waals surface area contributed by atoms with Crippen LogP contribution in [0.2, 0.25) is 0 Å². The van der Waals surface area contributed by atoms with Crippen LogP contribution in [0.1, 0.15) is 310 Å². The van der Waals surface area contributed by atoms with Crippen LogP contribution >= 0.6 is 0 Å². The van der Waals surface area contributed by atoms with Crippen molar-refractivity contribution in [2.75, 3.05) is 13.2 Å². The Kier molecular flexibility index (Phi) is 48.1. The molecule has 0 fully saturated rings. The molecule has 0 aliphatic heterocycles. The fraction of sp³-hybridized carbons (Fsp3) is 0.945. The van der Waals surface area contributed by atoms with Crippen LogP contribution in [0, 0.1) is 5.92 Å². The third-order valence-corrected chi connectivity index (χ3v) is 12.5. The Hall–Kier alpha value is -1.59. The van der Waals surface area contributed by atoms with Gasteiger partial charge in [0.25, 0.3) is 0 Å². The molecule has 0 saturated heterocycles. The maximum Gasteiger partial charge on any atom is 0.306 e. The van der Waals surface area contributed by atoms with Crippen LogP contribution in [0.5, 0.6) is 0 Å². The Morgan fingerprint density at radius 2 is 0.541 bits per heavy atom. The van der Waals surface area contributed by atoms with Gasteiger partial charge in [0.05, 0.1) is 0 Å². The molecule has 362 valence electrons. The molecule has 0 saturated carbocycles. The zero-order valence-corrected chi connectivity index (χ0v) is 41.6. The van der Waals surface area contributed by atoms with E-state index in [-0.39, 0.29) is 31.1 Å². The number of carbonyl (C=O) groups is 3. The van der Waals surface area contributed by atoms with Crippen LogP contribution in [0.15, 0.2) is 0 Å². The van der Waals surface area contributed by atoms with Crippen LogP contribution in [-0.2, 0) is 28.6 Å². The predicted octanol–water partition coefficient (Wildman–Crippen LogP) is 17.8. The van der Waals surface area contributed by atoms with E-state index in [1.54, 1.807) is 0 Å². The van der Waals surface area contributed by atoms with E-state index in [2.05, 4.69) is 27.7 Å². The van der Waals surface area contributed by atoms with E-state index in [9.17, 15) is 14.4 Å². The molecule has 0 amide bonds. The van der Waals surface area contributed by atoms with E-state index in [1.165, 1.54) is 205 Å². The Balaban J connectivity index is 4.29. The summed E-state index contributed by atoms with van der Waals surface area (Å²) in [6, 6.07) is 0. The highest BCUT2D eigenvalue weighted by Gasteiger charge is 2.19. The molecule has 0 rings (SSSR count). The third-order valence-electron chi connectivity index (χ3n) is 12.5. The second-order valence-electron chi connectivity index (χ2n) is 19.3. The molecule has 6 nitrogen and oxygen atoms in total. The number of hydrogen-bond donors (Lipinski definition) is 0. The van der Waals surface area contributed by atoms with E-state index in [0.717, 1.165) is 63.7 Å². The van der Waals surface area contributed by atoms with E-state index in [0.29, 0.717) is 19.3 Å². The van der Waals surface area contributed by atoms with Gasteiger partial charge in [0, 0.05) is 19.3 Å². The molecule has 0 aliphatic carbocycles. The van der Waals surface area contributed by atoms with Gasteiger partial charge < -0.3 is 14.2 Å². The summed E-state index contributed by atoms with van der Waals surface area (Å²) in [5.41, 5.74) is 0. The molecular weight excluding hydrogens is 757 g/mol. The van der Waals surface area contributed by atoms with Gasteiger partial charge in [-0.2, -0.15) is 0 Å². The molecule has 61 heavy (non-hydrogen) atoms. The number of hydrogen-bond acceptors (Lipinski definition) is 6. The molecule has 0 bridgehead atoms. The van der Waals surface area contributed by atoms with E-state index >= 15 is 0 Å². The lowest BCUT2D eigenvalue weighted by molar-refractivity contribution is -0.167. The molecule has 0 N–H and O–H groups in total. The van der Waals surface area contributed by atoms with E-state index in [1.807, 2.05) is 0 Å². The van der Waals surface area contributed by atoms with Crippen LogP contribution < -0.4 is 0 Å². The summed E-state index contributed by atoms with van der Waals surface area (Å²) in [7, 11) is 0. The first-order valence-corrected chi connectivity index (χ1v) is 27.4. The highest BCUT2D eigenvalue weighted by Crippen LogP contribution is 2.17. The molecule has 0 spiro atoms. The molecule has 0 heterocycles. The Labute approximate surface area is 380 Å². The number of ether oxygens (including phenoxy) is 3. The smallest absolute Gasteiger partial charge is 0.306 e. The fourth-order valence-electron chi connectivity index (χ4n) is 8.39. The van der Waals surface area contributed by atoms with Crippen molar-refractivity contribution in [3.63, 3.8) is 0 Å². The summed E-state index contributed by atoms with van der Waals surface area (Å²) < 4.78 is 16.8. The van der Waals surface area contributed by atoms with Crippen molar-refractivity contribution in [2.24, 2.45) is 5.92 Å². The lowest BCUT2D eigenvalue weighted by Crippen LogP contribution is -2.30. The van der Waals surface area contributed by atoms with Gasteiger partial charge in [-0.05, 0) is 25.2 Å². The zero-order chi connectivity index (χ0) is 44.5. The largest absolute Gasteiger partial charge is 0.462 e. The lowest BCUT2D eigenvalue weighted by atomic mass is 10.0. The van der Waals surface area contributed by atoms with Gasteiger partial charge in [-0.3, -0.25) is 14.4 Å². The standard InChI is InChI=1S/C55H106O6/c1-5-7-9-11-13-15-17-19-23-26-30-34-38-42-46-53(56)59-49-52(61-55(58)48-44-40-36-32-28-21-18-16-14-12-10-8-6-2)50-60-54(57)47-43-39-35-31-27-24-20-22-25-29-33-37-41-45-51(3)4/h51-52H,5-50H2,1-4H3/t52-/m0/s1. The van der Waals surface area contributed by atoms with Crippen molar-refractivity contribution in [2.45, 2.75) is 316 Å². The predicted molar refractivity (Wildman–Crippen MR) is 261 cm³/mol. The number of rotatable bonds is 50. The monoisotopic (exact) mass is 863 g/mol. The topological polar surface area (TPSA) is 78.9 Å². The van der Waals surface area contributed by atoms with Gasteiger partial charge in [0.15, 0.2) is 6.10 Å². The maximum absolute atomic E-state index is 12.8. The van der Waals surface area contributed by atoms with Crippen LogP contribution in [0.4, 0.5) is 0 Å². The first-order chi connectivity index (χ1) is 29.9. The number of unbranched alkanes of at least 4 members (excludes halogenated alkanes) is 37. The number of carbonyl (C=O) groups excluding carboxylic acids is 3. The van der Waals surface area contributed by atoms with Gasteiger partial charge in [-0.15, -0.1) is 0 Å². The average Bonchev–Trinajstić information content (AvgIpc) is 3.24. The highest BCUT2D eigenvalue weighted by molar-refractivity contribution is 5.71. The van der Waals surface area contributed by atoms with E-state index < -0.39 is 6.10 Å². The molecule has 0 radical (unpaired) electrons. The molecule has 0 aliphatic rings. The lowest BCUT2D eigenvalue weighted by Gasteiger charge is -2.18. The summed E-state index contributed by atoms with van der Waals surface area (Å²) in [6.07, 6.45) is 52.3. The highest BCUT2D eigenvalue weighted by atomic mass is 16.6. The summed E-state index contributed by atoms with van der Waals surface area (Å²) in [5.74, 6) is 0.000739. The van der Waals surface area contributed by atoms with Gasteiger partial charge >= 0.3 is 17.9 Å². The average molecular weight is 863 g/mol. The Morgan fingerprint density at radius 1 is 0.311 bits per heavy atom. The normalized spacial score (nSPS) is 12.0. The van der Waals surface area contributed by atoms with Crippen LogP contribution in [-0.4, -0.2) is 37.2 Å². The molecule has 1 atom stereocenters. The SMILES string of the molecule is CCCCCCCCCCCCCCCCC(=O)OC[C@@H](COC(=O)CCCCCCCCCCCCCCCC(C)C)OC(=O)CCCCCCCCCCCCCCC. The van der Waals surface area contributed by atoms with Crippen molar-refractivity contribution in [1.82, 2.24) is 0 Å². The van der Waals surface area contributed by atoms with Gasteiger partial charge in [0.1, 0.15) is 13.2 Å². The minimum atomic E-state index is -0.761. The summed E-state index contributed by atoms with van der Waals surface area (Å²) >= 11 is 0. The second-order valence-corrected chi connectivity index (χ2v) is 19.3. The van der Waals surface area contributed by atoms with Crippen molar-refractivity contribution >= 4 is 17.9 Å². The molecule has 6 heteroatoms. The van der Waals surface area contributed by atoms with E-state index in [4.69, 9.17) is 14.2 Å². The van der Waals surface area contributed by atoms with Crippen molar-refractivity contribution in [3.8, 4) is 0 Å². The van der Waals surface area contributed by atoms with Crippen molar-refractivity contribution in [3.05, 3.63) is 0 Å². The zero-order valence-electron chi connectivity index (χ0n) is 41.6. The molecule has 0 aromatic carbocycles. The molecule has 0 unspecified atom stereocenters. The third kappa shape index (κ3) is 49.3. The van der Waals surface area contributed by atoms with Crippen molar-refractivity contribution < 1.29 is 28.6 Å². The fourth-order valence-corrected chi connectivity index (χ4v) is 8.39. The van der Waals surface area contributed by atoms with Crippen LogP contribution in [0.3, 0.4) is 0 Å². The minimum Gasteiger partial charge on any atom is -0.462 e. The van der Waals surface area contributed by atoms with Gasteiger partial charge in [-0.1, -0.05) is 272 Å². The quantitative estimate of drug-likeness (QED) is 0.0344. The summed E-state index contributed by atoms with van der Waals surface area (Å²) in [6.45, 7) is 9.05. The summed E-state index contributed by atoms with van der Waals surface area (Å²) in [4.78, 5) is 38.0. The molecular formula is C55H106O6. The Morgan fingerprint density at radius 3 is 0.803 bits per heavy atom. The maximum atomic E-state index is 12.8. The van der Waals surface area contributed by atoms with Gasteiger partial charge in [-0.25, -0.2) is 0 Å². The number of esters is 3. The van der Waals surface area contributed by atoms with Gasteiger partial charge in [0.2, 0.25) is 0 Å². The summed E-state index contributed by atoms with van der Waals surface area (Å²) in [5, 5.41) is 0.